The van der Waals surface area contributed by atoms with Crippen molar-refractivity contribution in [2.75, 3.05) is 25.0 Å². The second-order valence-electron chi connectivity index (χ2n) is 5.70. The quantitative estimate of drug-likeness (QED) is 0.944. The molecule has 2 aromatic heterocycles. The fraction of sp³-hybridized carbons (Fsp3) is 0.533. The number of amides is 1. The van der Waals surface area contributed by atoms with Gasteiger partial charge in [0.2, 0.25) is 5.91 Å². The van der Waals surface area contributed by atoms with Crippen molar-refractivity contribution in [3.63, 3.8) is 0 Å². The van der Waals surface area contributed by atoms with Gasteiger partial charge in [-0.25, -0.2) is 9.97 Å². The average Bonchev–Trinajstić information content (AvgIpc) is 3.19. The van der Waals surface area contributed by atoms with Gasteiger partial charge in [0.25, 0.3) is 0 Å². The van der Waals surface area contributed by atoms with Crippen LogP contribution in [0.1, 0.15) is 29.7 Å². The monoisotopic (exact) mass is 302 g/mol. The van der Waals surface area contributed by atoms with Gasteiger partial charge in [-0.05, 0) is 37.7 Å². The summed E-state index contributed by atoms with van der Waals surface area (Å²) in [4.78, 5) is 25.3. The number of hydrogen-bond donors (Lipinski definition) is 1. The highest BCUT2D eigenvalue weighted by molar-refractivity contribution is 7.19. The lowest BCUT2D eigenvalue weighted by Gasteiger charge is -2.16. The molecule has 0 spiro atoms. The molecule has 1 amide bonds. The molecule has 0 unspecified atom stereocenters. The van der Waals surface area contributed by atoms with Crippen LogP contribution in [0.3, 0.4) is 0 Å². The third kappa shape index (κ3) is 2.27. The lowest BCUT2D eigenvalue weighted by molar-refractivity contribution is -0.128. The average molecular weight is 302 g/mol. The van der Waals surface area contributed by atoms with E-state index in [1.807, 2.05) is 4.90 Å². The first kappa shape index (κ1) is 13.0. The van der Waals surface area contributed by atoms with Crippen molar-refractivity contribution < 1.29 is 4.79 Å². The van der Waals surface area contributed by atoms with Crippen molar-refractivity contribution in [3.8, 4) is 0 Å². The second-order valence-corrected chi connectivity index (χ2v) is 6.78. The zero-order valence-electron chi connectivity index (χ0n) is 11.9. The van der Waals surface area contributed by atoms with E-state index in [0.717, 1.165) is 54.8 Å². The van der Waals surface area contributed by atoms with Crippen LogP contribution in [0.25, 0.3) is 10.2 Å². The molecular weight excluding hydrogens is 284 g/mol. The van der Waals surface area contributed by atoms with Crippen LogP contribution >= 0.6 is 11.3 Å². The summed E-state index contributed by atoms with van der Waals surface area (Å²) in [6.07, 6.45) is 7.33. The fourth-order valence-electron chi connectivity index (χ4n) is 3.30. The van der Waals surface area contributed by atoms with Gasteiger partial charge in [0.15, 0.2) is 0 Å². The maximum atomic E-state index is 12.1. The summed E-state index contributed by atoms with van der Waals surface area (Å²) >= 11 is 1.77. The molecule has 2 aliphatic rings. The number of carbonyl (C=O) groups excluding carboxylic acids is 1. The van der Waals surface area contributed by atoms with E-state index < -0.39 is 0 Å². The van der Waals surface area contributed by atoms with Gasteiger partial charge < -0.3 is 10.2 Å². The molecular formula is C15H18N4OS. The van der Waals surface area contributed by atoms with Crippen LogP contribution in [0.2, 0.25) is 0 Å². The topological polar surface area (TPSA) is 58.1 Å². The highest BCUT2D eigenvalue weighted by Gasteiger charge is 2.22. The smallest absolute Gasteiger partial charge is 0.241 e. The van der Waals surface area contributed by atoms with Crippen LogP contribution in [0, 0.1) is 0 Å². The van der Waals surface area contributed by atoms with Gasteiger partial charge in [-0.1, -0.05) is 0 Å². The predicted octanol–water partition coefficient (Wildman–Crippen LogP) is 2.21. The number of thiophene rings is 1. The van der Waals surface area contributed by atoms with E-state index >= 15 is 0 Å². The normalized spacial score (nSPS) is 17.4. The van der Waals surface area contributed by atoms with Gasteiger partial charge in [0.1, 0.15) is 17.0 Å². The van der Waals surface area contributed by atoms with Crippen molar-refractivity contribution in [2.24, 2.45) is 0 Å². The van der Waals surface area contributed by atoms with Crippen LogP contribution in [-0.2, 0) is 17.6 Å². The molecule has 0 atom stereocenters. The maximum Gasteiger partial charge on any atom is 0.241 e. The summed E-state index contributed by atoms with van der Waals surface area (Å²) in [5, 5.41) is 4.39. The van der Waals surface area contributed by atoms with Crippen LogP contribution in [0.5, 0.6) is 0 Å². The van der Waals surface area contributed by atoms with Gasteiger partial charge in [0.05, 0.1) is 11.9 Å². The van der Waals surface area contributed by atoms with Crippen molar-refractivity contribution >= 4 is 33.3 Å². The highest BCUT2D eigenvalue weighted by Crippen LogP contribution is 2.38. The highest BCUT2D eigenvalue weighted by atomic mass is 32.1. The minimum Gasteiger partial charge on any atom is -0.360 e. The minimum absolute atomic E-state index is 0.172. The molecule has 4 rings (SSSR count). The van der Waals surface area contributed by atoms with Crippen LogP contribution in [0.15, 0.2) is 6.33 Å². The lowest BCUT2D eigenvalue weighted by atomic mass is 10.2. The van der Waals surface area contributed by atoms with Crippen molar-refractivity contribution in [1.82, 2.24) is 14.9 Å². The molecule has 21 heavy (non-hydrogen) atoms. The molecule has 1 aliphatic heterocycles. The van der Waals surface area contributed by atoms with Gasteiger partial charge in [-0.15, -0.1) is 11.3 Å². The van der Waals surface area contributed by atoms with Crippen LogP contribution in [0.4, 0.5) is 5.82 Å². The first-order chi connectivity index (χ1) is 10.3. The lowest BCUT2D eigenvalue weighted by Crippen LogP contribution is -2.33. The predicted molar refractivity (Wildman–Crippen MR) is 83.7 cm³/mol. The van der Waals surface area contributed by atoms with Gasteiger partial charge in [-0.2, -0.15) is 0 Å². The number of rotatable bonds is 3. The number of aryl methyl sites for hydroxylation is 2. The Labute approximate surface area is 127 Å². The first-order valence-corrected chi connectivity index (χ1v) is 8.41. The number of nitrogens with zero attached hydrogens (tertiary/aromatic N) is 3. The molecule has 0 saturated carbocycles. The summed E-state index contributed by atoms with van der Waals surface area (Å²) in [6, 6.07) is 0. The Morgan fingerprint density at radius 3 is 2.95 bits per heavy atom. The molecule has 6 heteroatoms. The number of hydrogen-bond acceptors (Lipinski definition) is 5. The molecule has 0 bridgehead atoms. The Bertz CT molecular complexity index is 690. The van der Waals surface area contributed by atoms with E-state index in [1.165, 1.54) is 16.9 Å². The van der Waals surface area contributed by atoms with Crippen LogP contribution in [-0.4, -0.2) is 40.4 Å². The van der Waals surface area contributed by atoms with Gasteiger partial charge in [0, 0.05) is 18.0 Å². The summed E-state index contributed by atoms with van der Waals surface area (Å²) in [5.74, 6) is 0.998. The largest absolute Gasteiger partial charge is 0.360 e. The summed E-state index contributed by atoms with van der Waals surface area (Å²) in [5.41, 5.74) is 1.40. The third-order valence-corrected chi connectivity index (χ3v) is 5.57. The van der Waals surface area contributed by atoms with E-state index in [9.17, 15) is 4.79 Å². The van der Waals surface area contributed by atoms with Crippen molar-refractivity contribution in [2.45, 2.75) is 32.1 Å². The molecule has 5 nitrogen and oxygen atoms in total. The molecule has 0 radical (unpaired) electrons. The first-order valence-electron chi connectivity index (χ1n) is 7.60. The Kier molecular flexibility index (Phi) is 3.25. The number of fused-ring (bicyclic) bond motifs is 3. The Hall–Kier alpha value is -1.69. The van der Waals surface area contributed by atoms with E-state index in [0.29, 0.717) is 6.54 Å². The fourth-order valence-corrected chi connectivity index (χ4v) is 4.53. The Balaban J connectivity index is 1.57. The molecule has 1 saturated heterocycles. The van der Waals surface area contributed by atoms with E-state index in [2.05, 4.69) is 15.3 Å². The molecule has 1 N–H and O–H groups in total. The second kappa shape index (κ2) is 5.26. The number of anilines is 1. The SMILES string of the molecule is O=C(CNc1ncnc2sc3c(c12)CCC3)N1CCCC1. The van der Waals surface area contributed by atoms with E-state index in [-0.39, 0.29) is 5.91 Å². The third-order valence-electron chi connectivity index (χ3n) is 4.37. The zero-order chi connectivity index (χ0) is 14.2. The maximum absolute atomic E-state index is 12.1. The van der Waals surface area contributed by atoms with Crippen molar-refractivity contribution in [1.29, 1.82) is 0 Å². The summed E-state index contributed by atoms with van der Waals surface area (Å²) in [7, 11) is 0. The van der Waals surface area contributed by atoms with Crippen molar-refractivity contribution in [3.05, 3.63) is 16.8 Å². The molecule has 1 fully saturated rings. The molecule has 0 aromatic carbocycles. The summed E-state index contributed by atoms with van der Waals surface area (Å²) < 4.78 is 0. The Morgan fingerprint density at radius 1 is 1.24 bits per heavy atom. The molecule has 3 heterocycles. The number of nitrogens with one attached hydrogen (secondary N) is 1. The zero-order valence-corrected chi connectivity index (χ0v) is 12.7. The Morgan fingerprint density at radius 2 is 2.10 bits per heavy atom. The van der Waals surface area contributed by atoms with Crippen LogP contribution < -0.4 is 5.32 Å². The number of aromatic nitrogens is 2. The number of carbonyl (C=O) groups is 1. The van der Waals surface area contributed by atoms with Gasteiger partial charge >= 0.3 is 0 Å². The minimum atomic E-state index is 0.172. The van der Waals surface area contributed by atoms with E-state index in [1.54, 1.807) is 17.7 Å². The molecule has 110 valence electrons. The summed E-state index contributed by atoms with van der Waals surface area (Å²) in [6.45, 7) is 2.12. The standard InChI is InChI=1S/C15H18N4OS/c20-12(19-6-1-2-7-19)8-16-14-13-10-4-3-5-11(10)21-15(13)18-9-17-14/h9H,1-8H2,(H,16,17,18). The molecule has 2 aromatic rings. The molecule has 1 aliphatic carbocycles. The number of likely N-dealkylation sites (tertiary alicyclic amines) is 1. The van der Waals surface area contributed by atoms with E-state index in [4.69, 9.17) is 0 Å². The van der Waals surface area contributed by atoms with Gasteiger partial charge in [-0.3, -0.25) is 4.79 Å².